The van der Waals surface area contributed by atoms with Gasteiger partial charge in [0.2, 0.25) is 5.95 Å². The molecule has 1 aliphatic heterocycles. The van der Waals surface area contributed by atoms with Crippen LogP contribution in [0.3, 0.4) is 0 Å². The molecule has 8 nitrogen and oxygen atoms in total. The van der Waals surface area contributed by atoms with E-state index in [1.807, 2.05) is 24.3 Å². The molecule has 0 aliphatic carbocycles. The summed E-state index contributed by atoms with van der Waals surface area (Å²) in [4.78, 5) is 23.7. The number of nitrogens with two attached hydrogens (primary N) is 2. The molecule has 0 spiro atoms. The van der Waals surface area contributed by atoms with Gasteiger partial charge in [0.25, 0.3) is 0 Å². The van der Waals surface area contributed by atoms with Crippen molar-refractivity contribution in [2.24, 2.45) is 5.73 Å². The zero-order valence-electron chi connectivity index (χ0n) is 15.4. The van der Waals surface area contributed by atoms with E-state index in [4.69, 9.17) is 32.5 Å². The average molecular weight is 432 g/mol. The number of carbonyl (C=O) groups excluding carboxylic acids is 1. The van der Waals surface area contributed by atoms with Gasteiger partial charge in [-0.05, 0) is 34.4 Å². The first-order valence-corrected chi connectivity index (χ1v) is 10.3. The molecule has 0 atom stereocenters. The normalized spacial score (nSPS) is 12.9. The molecule has 0 saturated heterocycles. The van der Waals surface area contributed by atoms with Crippen molar-refractivity contribution in [3.8, 4) is 11.4 Å². The highest BCUT2D eigenvalue weighted by Crippen LogP contribution is 2.39. The van der Waals surface area contributed by atoms with E-state index in [1.54, 1.807) is 0 Å². The van der Waals surface area contributed by atoms with Crippen LogP contribution in [-0.2, 0) is 22.7 Å². The summed E-state index contributed by atoms with van der Waals surface area (Å²) in [5, 5.41) is 3.10. The summed E-state index contributed by atoms with van der Waals surface area (Å²) in [6, 6.07) is 7.91. The highest BCUT2D eigenvalue weighted by Gasteiger charge is 2.20. The first-order valence-electron chi connectivity index (χ1n) is 8.90. The molecule has 3 aromatic rings. The van der Waals surface area contributed by atoms with E-state index in [9.17, 15) is 4.79 Å². The molecule has 0 unspecified atom stereocenters. The Labute approximate surface area is 176 Å². The zero-order chi connectivity index (χ0) is 20.4. The Kier molecular flexibility index (Phi) is 5.70. The minimum Gasteiger partial charge on any atom is -0.450 e. The average Bonchev–Trinajstić information content (AvgIpc) is 2.67. The Hall–Kier alpha value is -2.62. The third-order valence-corrected chi connectivity index (χ3v) is 5.65. The van der Waals surface area contributed by atoms with Gasteiger partial charge in [-0.25, -0.2) is 9.78 Å². The lowest BCUT2D eigenvalue weighted by atomic mass is 9.94. The number of nitrogen functional groups attached to an aromatic ring is 1. The molecule has 29 heavy (non-hydrogen) atoms. The number of rotatable bonds is 6. The van der Waals surface area contributed by atoms with Gasteiger partial charge in [-0.1, -0.05) is 41.6 Å². The lowest BCUT2D eigenvalue weighted by Crippen LogP contribution is -2.14. The maximum absolute atomic E-state index is 10.6. The second kappa shape index (κ2) is 8.40. The molecular weight excluding hydrogens is 414 g/mol. The first-order chi connectivity index (χ1) is 14.0. The van der Waals surface area contributed by atoms with Gasteiger partial charge in [0, 0.05) is 11.3 Å². The van der Waals surface area contributed by atoms with Crippen LogP contribution in [0, 0.1) is 0 Å². The summed E-state index contributed by atoms with van der Waals surface area (Å²) in [5.41, 5.74) is 13.8. The van der Waals surface area contributed by atoms with Crippen LogP contribution >= 0.6 is 23.4 Å². The Bertz CT molecular complexity index is 1100. The SMILES string of the molecule is NC(=O)OCCCSc1nc(N)nc(-c2c(Cl)cc3c4c(cccc24)COC3)n1. The van der Waals surface area contributed by atoms with Crippen LogP contribution in [0.4, 0.5) is 10.7 Å². The number of hydrogen-bond donors (Lipinski definition) is 2. The molecule has 4 rings (SSSR count). The number of hydrogen-bond acceptors (Lipinski definition) is 8. The lowest BCUT2D eigenvalue weighted by Gasteiger charge is -2.20. The van der Waals surface area contributed by atoms with Crippen molar-refractivity contribution in [1.82, 2.24) is 15.0 Å². The number of primary amides is 1. The number of anilines is 1. The largest absolute Gasteiger partial charge is 0.450 e. The Morgan fingerprint density at radius 3 is 2.90 bits per heavy atom. The molecule has 2 heterocycles. The van der Waals surface area contributed by atoms with E-state index in [0.29, 0.717) is 41.4 Å². The molecule has 1 aromatic heterocycles. The minimum atomic E-state index is -0.787. The minimum absolute atomic E-state index is 0.116. The fraction of sp³-hybridized carbons (Fsp3) is 0.263. The van der Waals surface area contributed by atoms with E-state index < -0.39 is 6.09 Å². The molecule has 2 aromatic carbocycles. The van der Waals surface area contributed by atoms with Crippen LogP contribution < -0.4 is 11.5 Å². The zero-order valence-corrected chi connectivity index (χ0v) is 16.9. The molecule has 0 fully saturated rings. The number of nitrogens with zero attached hydrogens (tertiary/aromatic N) is 3. The Morgan fingerprint density at radius 1 is 1.24 bits per heavy atom. The third-order valence-electron chi connectivity index (χ3n) is 4.42. The van der Waals surface area contributed by atoms with Gasteiger partial charge >= 0.3 is 6.09 Å². The second-order valence-electron chi connectivity index (χ2n) is 6.39. The fourth-order valence-corrected chi connectivity index (χ4v) is 4.36. The summed E-state index contributed by atoms with van der Waals surface area (Å²) < 4.78 is 10.4. The van der Waals surface area contributed by atoms with E-state index in [2.05, 4.69) is 15.0 Å². The summed E-state index contributed by atoms with van der Waals surface area (Å²) in [6.07, 6.45) is -0.180. The van der Waals surface area contributed by atoms with Crippen molar-refractivity contribution < 1.29 is 14.3 Å². The number of halogens is 1. The summed E-state index contributed by atoms with van der Waals surface area (Å²) in [5.74, 6) is 1.17. The van der Waals surface area contributed by atoms with Gasteiger partial charge < -0.3 is 20.9 Å². The second-order valence-corrected chi connectivity index (χ2v) is 7.86. The number of carbonyl (C=O) groups is 1. The predicted molar refractivity (Wildman–Crippen MR) is 112 cm³/mol. The van der Waals surface area contributed by atoms with Crippen LogP contribution in [0.2, 0.25) is 5.02 Å². The first kappa shape index (κ1) is 19.7. The van der Waals surface area contributed by atoms with E-state index in [0.717, 1.165) is 27.5 Å². The Balaban J connectivity index is 1.68. The molecule has 1 aliphatic rings. The van der Waals surface area contributed by atoms with Gasteiger partial charge in [0.1, 0.15) is 0 Å². The standard InChI is InChI=1S/C19H18ClN5O3S/c20-13-7-11-9-27-8-10-3-1-4-12(14(10)11)15(13)16-23-17(21)25-19(24-16)29-6-2-5-28-18(22)26/h1,3-4,7H,2,5-6,8-9H2,(H2,22,26)(H2,21,23,24,25). The van der Waals surface area contributed by atoms with Crippen molar-refractivity contribution >= 4 is 46.2 Å². The lowest BCUT2D eigenvalue weighted by molar-refractivity contribution is 0.103. The van der Waals surface area contributed by atoms with E-state index in [-0.39, 0.29) is 12.6 Å². The maximum atomic E-state index is 10.6. The van der Waals surface area contributed by atoms with Crippen LogP contribution in [0.5, 0.6) is 0 Å². The molecule has 150 valence electrons. The predicted octanol–water partition coefficient (Wildman–Crippen LogP) is 3.54. The highest BCUT2D eigenvalue weighted by atomic mass is 35.5. The molecular formula is C19H18ClN5O3S. The van der Waals surface area contributed by atoms with Crippen molar-refractivity contribution in [3.63, 3.8) is 0 Å². The molecule has 0 radical (unpaired) electrons. The molecule has 0 bridgehead atoms. The van der Waals surface area contributed by atoms with Crippen molar-refractivity contribution in [2.75, 3.05) is 18.1 Å². The maximum Gasteiger partial charge on any atom is 0.404 e. The van der Waals surface area contributed by atoms with Gasteiger partial charge in [-0.2, -0.15) is 9.97 Å². The number of aromatic nitrogens is 3. The van der Waals surface area contributed by atoms with Crippen LogP contribution in [0.25, 0.3) is 22.2 Å². The Morgan fingerprint density at radius 2 is 2.07 bits per heavy atom. The van der Waals surface area contributed by atoms with Crippen LogP contribution in [0.15, 0.2) is 29.4 Å². The van der Waals surface area contributed by atoms with Crippen molar-refractivity contribution in [1.29, 1.82) is 0 Å². The van der Waals surface area contributed by atoms with Crippen molar-refractivity contribution in [2.45, 2.75) is 24.8 Å². The summed E-state index contributed by atoms with van der Waals surface area (Å²) in [7, 11) is 0. The summed E-state index contributed by atoms with van der Waals surface area (Å²) in [6.45, 7) is 1.30. The van der Waals surface area contributed by atoms with Gasteiger partial charge in [0.15, 0.2) is 11.0 Å². The third kappa shape index (κ3) is 4.21. The van der Waals surface area contributed by atoms with Crippen LogP contribution in [0.1, 0.15) is 17.5 Å². The van der Waals surface area contributed by atoms with E-state index in [1.165, 1.54) is 11.8 Å². The van der Waals surface area contributed by atoms with Gasteiger partial charge in [0.05, 0.1) is 24.8 Å². The van der Waals surface area contributed by atoms with Crippen molar-refractivity contribution in [3.05, 3.63) is 40.4 Å². The molecule has 10 heteroatoms. The number of ether oxygens (including phenoxy) is 2. The summed E-state index contributed by atoms with van der Waals surface area (Å²) >= 11 is 8.01. The quantitative estimate of drug-likeness (QED) is 0.448. The fourth-order valence-electron chi connectivity index (χ4n) is 3.29. The smallest absolute Gasteiger partial charge is 0.404 e. The highest BCUT2D eigenvalue weighted by molar-refractivity contribution is 7.99. The van der Waals surface area contributed by atoms with Crippen LogP contribution in [-0.4, -0.2) is 33.4 Å². The monoisotopic (exact) mass is 431 g/mol. The topological polar surface area (TPSA) is 126 Å². The number of thioether (sulfide) groups is 1. The number of benzene rings is 2. The number of amides is 1. The molecule has 4 N–H and O–H groups in total. The van der Waals surface area contributed by atoms with E-state index >= 15 is 0 Å². The molecule has 0 saturated carbocycles. The molecule has 1 amide bonds. The van der Waals surface area contributed by atoms with Gasteiger partial charge in [-0.15, -0.1) is 0 Å². The van der Waals surface area contributed by atoms with Gasteiger partial charge in [-0.3, -0.25) is 0 Å².